The largest absolute Gasteiger partial charge is 0.299 e. The van der Waals surface area contributed by atoms with Crippen LogP contribution in [0.1, 0.15) is 33.1 Å². The van der Waals surface area contributed by atoms with Crippen LogP contribution >= 0.6 is 0 Å². The topological polar surface area (TPSA) is 40.9 Å². The maximum absolute atomic E-state index is 11.0. The minimum Gasteiger partial charge on any atom is -0.299 e. The summed E-state index contributed by atoms with van der Waals surface area (Å²) in [6.07, 6.45) is 1.67. The van der Waals surface area contributed by atoms with E-state index in [-0.39, 0.29) is 11.7 Å². The summed E-state index contributed by atoms with van der Waals surface area (Å²) in [5.41, 5.74) is 0. The molecule has 0 saturated carbocycles. The molecule has 2 nitrogen and oxygen atoms in total. The van der Waals surface area contributed by atoms with Gasteiger partial charge in [0, 0.05) is 18.8 Å². The molecule has 0 rings (SSSR count). The van der Waals surface area contributed by atoms with Crippen molar-refractivity contribution in [2.75, 3.05) is 0 Å². The smallest absolute Gasteiger partial charge is 0.136 e. The van der Waals surface area contributed by atoms with Crippen molar-refractivity contribution in [3.63, 3.8) is 0 Å². The molecule has 0 amide bonds. The molecule has 0 saturated heterocycles. The number of ketones is 1. The molecule has 0 bridgehead atoms. The Morgan fingerprint density at radius 3 is 2.70 bits per heavy atom. The molecule has 1 unspecified atom stereocenters. The molecule has 0 aliphatic carbocycles. The van der Waals surface area contributed by atoms with Crippen LogP contribution in [0.3, 0.4) is 0 Å². The Balaban J connectivity index is 3.54. The van der Waals surface area contributed by atoms with Crippen molar-refractivity contribution < 1.29 is 4.79 Å². The first kappa shape index (κ1) is 9.16. The number of Topliss-reactive ketones (excluding diaryl/α,β-unsaturated/α-hetero) is 1. The summed E-state index contributed by atoms with van der Waals surface area (Å²) in [6, 6.07) is 1.96. The number of hydrogen-bond donors (Lipinski definition) is 0. The molecule has 0 aromatic carbocycles. The molecular formula is C8H13NO. The molecule has 0 N–H and O–H groups in total. The lowest BCUT2D eigenvalue weighted by molar-refractivity contribution is -0.122. The van der Waals surface area contributed by atoms with Crippen molar-refractivity contribution >= 4 is 5.78 Å². The van der Waals surface area contributed by atoms with Crippen LogP contribution in [0.5, 0.6) is 0 Å². The quantitative estimate of drug-likeness (QED) is 0.597. The summed E-state index contributed by atoms with van der Waals surface area (Å²) in [5, 5.41) is 8.17. The Labute approximate surface area is 61.8 Å². The van der Waals surface area contributed by atoms with Gasteiger partial charge in [0.25, 0.3) is 0 Å². The van der Waals surface area contributed by atoms with Crippen LogP contribution in [0.4, 0.5) is 0 Å². The third kappa shape index (κ3) is 3.24. The maximum Gasteiger partial charge on any atom is 0.136 e. The highest BCUT2D eigenvalue weighted by Gasteiger charge is 2.08. The molecule has 0 aromatic rings. The van der Waals surface area contributed by atoms with Gasteiger partial charge in [0.05, 0.1) is 6.07 Å². The fourth-order valence-electron chi connectivity index (χ4n) is 0.653. The van der Waals surface area contributed by atoms with Crippen LogP contribution in [0.25, 0.3) is 0 Å². The first-order valence-corrected chi connectivity index (χ1v) is 3.62. The zero-order valence-corrected chi connectivity index (χ0v) is 6.55. The van der Waals surface area contributed by atoms with E-state index < -0.39 is 0 Å². The van der Waals surface area contributed by atoms with Gasteiger partial charge in [-0.05, 0) is 6.42 Å². The average molecular weight is 139 g/mol. The zero-order chi connectivity index (χ0) is 7.98. The second-order valence-electron chi connectivity index (χ2n) is 2.43. The van der Waals surface area contributed by atoms with Gasteiger partial charge in [-0.25, -0.2) is 0 Å². The highest BCUT2D eigenvalue weighted by Crippen LogP contribution is 2.05. The lowest BCUT2D eigenvalue weighted by atomic mass is 10.0. The molecule has 56 valence electrons. The van der Waals surface area contributed by atoms with Crippen molar-refractivity contribution in [2.45, 2.75) is 33.1 Å². The molecule has 0 aromatic heterocycles. The van der Waals surface area contributed by atoms with Gasteiger partial charge in [0.15, 0.2) is 0 Å². The number of hydrogen-bond acceptors (Lipinski definition) is 2. The van der Waals surface area contributed by atoms with E-state index in [9.17, 15) is 4.79 Å². The third-order valence-corrected chi connectivity index (χ3v) is 1.65. The Hall–Kier alpha value is -0.840. The molecule has 0 heterocycles. The van der Waals surface area contributed by atoms with Crippen LogP contribution < -0.4 is 0 Å². The van der Waals surface area contributed by atoms with Gasteiger partial charge in [-0.15, -0.1) is 0 Å². The molecule has 1 atom stereocenters. The summed E-state index contributed by atoms with van der Waals surface area (Å²) >= 11 is 0. The molecule has 0 fully saturated rings. The number of carbonyl (C=O) groups excluding carboxylic acids is 1. The van der Waals surface area contributed by atoms with Crippen LogP contribution in [0.15, 0.2) is 0 Å². The highest BCUT2D eigenvalue weighted by atomic mass is 16.1. The van der Waals surface area contributed by atoms with E-state index in [4.69, 9.17) is 5.26 Å². The Bertz CT molecular complexity index is 146. The molecule has 0 radical (unpaired) electrons. The van der Waals surface area contributed by atoms with Gasteiger partial charge < -0.3 is 0 Å². The van der Waals surface area contributed by atoms with Crippen molar-refractivity contribution in [3.8, 4) is 6.07 Å². The van der Waals surface area contributed by atoms with Gasteiger partial charge in [-0.3, -0.25) is 4.79 Å². The van der Waals surface area contributed by atoms with Gasteiger partial charge >= 0.3 is 0 Å². The standard InChI is InChI=1S/C8H13NO/c1-3-7(2)8(10)5-4-6-9/h7H,3-5H2,1-2H3. The summed E-state index contributed by atoms with van der Waals surface area (Å²) in [7, 11) is 0. The summed E-state index contributed by atoms with van der Waals surface area (Å²) < 4.78 is 0. The average Bonchev–Trinajstić information content (AvgIpc) is 1.98. The van der Waals surface area contributed by atoms with Crippen LogP contribution in [-0.2, 0) is 4.79 Å². The Morgan fingerprint density at radius 1 is 1.70 bits per heavy atom. The van der Waals surface area contributed by atoms with Gasteiger partial charge in [-0.2, -0.15) is 5.26 Å². The summed E-state index contributed by atoms with van der Waals surface area (Å²) in [4.78, 5) is 11.0. The molecule has 0 spiro atoms. The molecule has 0 aliphatic heterocycles. The predicted octanol–water partition coefficient (Wildman–Crippen LogP) is 1.91. The van der Waals surface area contributed by atoms with Crippen molar-refractivity contribution in [1.29, 1.82) is 5.26 Å². The van der Waals surface area contributed by atoms with Gasteiger partial charge in [0.2, 0.25) is 0 Å². The van der Waals surface area contributed by atoms with Crippen LogP contribution in [-0.4, -0.2) is 5.78 Å². The number of carbonyl (C=O) groups is 1. The highest BCUT2D eigenvalue weighted by molar-refractivity contribution is 5.80. The molecule has 2 heteroatoms. The Morgan fingerprint density at radius 2 is 2.30 bits per heavy atom. The summed E-state index contributed by atoms with van der Waals surface area (Å²) in [5.74, 6) is 0.345. The van der Waals surface area contributed by atoms with E-state index in [0.717, 1.165) is 6.42 Å². The fourth-order valence-corrected chi connectivity index (χ4v) is 0.653. The van der Waals surface area contributed by atoms with E-state index in [1.54, 1.807) is 0 Å². The van der Waals surface area contributed by atoms with Gasteiger partial charge in [-0.1, -0.05) is 13.8 Å². The number of nitrogens with zero attached hydrogens (tertiary/aromatic N) is 1. The lowest BCUT2D eigenvalue weighted by Gasteiger charge is -2.03. The molecular weight excluding hydrogens is 126 g/mol. The molecule has 0 aliphatic rings. The minimum absolute atomic E-state index is 0.133. The maximum atomic E-state index is 11.0. The van der Waals surface area contributed by atoms with Gasteiger partial charge in [0.1, 0.15) is 5.78 Å². The molecule has 10 heavy (non-hydrogen) atoms. The lowest BCUT2D eigenvalue weighted by Crippen LogP contribution is -2.08. The van der Waals surface area contributed by atoms with Crippen molar-refractivity contribution in [3.05, 3.63) is 0 Å². The van der Waals surface area contributed by atoms with E-state index >= 15 is 0 Å². The normalized spacial score (nSPS) is 12.1. The van der Waals surface area contributed by atoms with E-state index in [2.05, 4.69) is 0 Å². The minimum atomic E-state index is 0.133. The first-order valence-electron chi connectivity index (χ1n) is 3.62. The second kappa shape index (κ2) is 4.99. The monoisotopic (exact) mass is 139 g/mol. The van der Waals surface area contributed by atoms with Crippen molar-refractivity contribution in [2.24, 2.45) is 5.92 Å². The SMILES string of the molecule is CCC(C)C(=O)CCC#N. The zero-order valence-electron chi connectivity index (χ0n) is 6.55. The van der Waals surface area contributed by atoms with E-state index in [1.807, 2.05) is 19.9 Å². The summed E-state index contributed by atoms with van der Waals surface area (Å²) in [6.45, 7) is 3.88. The predicted molar refractivity (Wildman–Crippen MR) is 39.3 cm³/mol. The van der Waals surface area contributed by atoms with Crippen molar-refractivity contribution in [1.82, 2.24) is 0 Å². The van der Waals surface area contributed by atoms with Crippen LogP contribution in [0, 0.1) is 17.2 Å². The van der Waals surface area contributed by atoms with E-state index in [0.29, 0.717) is 12.8 Å². The second-order valence-corrected chi connectivity index (χ2v) is 2.43. The van der Waals surface area contributed by atoms with Crippen LogP contribution in [0.2, 0.25) is 0 Å². The number of nitriles is 1. The fraction of sp³-hybridized carbons (Fsp3) is 0.750. The third-order valence-electron chi connectivity index (χ3n) is 1.65. The first-order chi connectivity index (χ1) is 4.72. The number of rotatable bonds is 4. The Kier molecular flexibility index (Phi) is 4.57. The van der Waals surface area contributed by atoms with E-state index in [1.165, 1.54) is 0 Å².